The third-order valence-corrected chi connectivity index (χ3v) is 3.32. The molecule has 0 fully saturated rings. The first kappa shape index (κ1) is 17.5. The molecule has 5 nitrogen and oxygen atoms in total. The fraction of sp³-hybridized carbons (Fsp3) is 0.400. The van der Waals surface area contributed by atoms with Crippen LogP contribution in [-0.4, -0.2) is 23.5 Å². The van der Waals surface area contributed by atoms with Gasteiger partial charge < -0.3 is 21.2 Å². The Morgan fingerprint density at radius 2 is 2.10 bits per heavy atom. The molecule has 2 aromatic rings. The predicted octanol–water partition coefficient (Wildman–Crippen LogP) is 2.09. The number of para-hydroxylation sites is 1. The number of benzene rings is 1. The molecule has 0 saturated heterocycles. The number of nitrogens with two attached hydrogens (primary N) is 2. The highest BCUT2D eigenvalue weighted by Gasteiger charge is 2.15. The Labute approximate surface area is 130 Å². The standard InChI is InChI=1S/C15H21N3O2.ClH/c16-8-2-1-6-13(17)15(19)20-10-12-5-3-4-11-7-9-18-14(11)12;/h3-5,7,9,13,18H,1-2,6,8,10,16-17H2;1H/t13-;/m0./s1. The second-order valence-electron chi connectivity index (χ2n) is 4.86. The van der Waals surface area contributed by atoms with Crippen molar-refractivity contribution in [3.05, 3.63) is 36.0 Å². The van der Waals surface area contributed by atoms with Gasteiger partial charge in [-0.05, 0) is 30.8 Å². The van der Waals surface area contributed by atoms with E-state index in [1.54, 1.807) is 0 Å². The lowest BCUT2D eigenvalue weighted by atomic mass is 10.1. The van der Waals surface area contributed by atoms with Gasteiger partial charge in [0.2, 0.25) is 0 Å². The van der Waals surface area contributed by atoms with Crippen LogP contribution in [0.2, 0.25) is 0 Å². The van der Waals surface area contributed by atoms with E-state index in [0.717, 1.165) is 29.3 Å². The van der Waals surface area contributed by atoms with Crippen molar-refractivity contribution in [1.82, 2.24) is 4.98 Å². The number of carbonyl (C=O) groups is 1. The van der Waals surface area contributed by atoms with E-state index in [1.165, 1.54) is 0 Å². The molecular formula is C15H22ClN3O2. The van der Waals surface area contributed by atoms with Crippen molar-refractivity contribution >= 4 is 29.3 Å². The lowest BCUT2D eigenvalue weighted by Crippen LogP contribution is -2.32. The number of fused-ring (bicyclic) bond motifs is 1. The van der Waals surface area contributed by atoms with Gasteiger partial charge in [0.15, 0.2) is 0 Å². The summed E-state index contributed by atoms with van der Waals surface area (Å²) in [5.41, 5.74) is 13.2. The molecule has 6 heteroatoms. The van der Waals surface area contributed by atoms with Gasteiger partial charge in [0.25, 0.3) is 0 Å². The van der Waals surface area contributed by atoms with Crippen molar-refractivity contribution in [2.45, 2.75) is 31.9 Å². The summed E-state index contributed by atoms with van der Waals surface area (Å²) in [7, 11) is 0. The highest BCUT2D eigenvalue weighted by atomic mass is 35.5. The van der Waals surface area contributed by atoms with Gasteiger partial charge in [-0.3, -0.25) is 4.79 Å². The number of unbranched alkanes of at least 4 members (excludes halogenated alkanes) is 1. The van der Waals surface area contributed by atoms with Gasteiger partial charge in [-0.25, -0.2) is 0 Å². The minimum atomic E-state index is -0.565. The molecule has 1 aromatic heterocycles. The average Bonchev–Trinajstić information content (AvgIpc) is 2.93. The number of nitrogens with one attached hydrogen (secondary N) is 1. The van der Waals surface area contributed by atoms with Crippen LogP contribution < -0.4 is 11.5 Å². The number of hydrogen-bond acceptors (Lipinski definition) is 4. The molecule has 1 atom stereocenters. The molecule has 0 unspecified atom stereocenters. The molecule has 1 aromatic carbocycles. The second-order valence-corrected chi connectivity index (χ2v) is 4.86. The number of carbonyl (C=O) groups excluding carboxylic acids is 1. The summed E-state index contributed by atoms with van der Waals surface area (Å²) in [6, 6.07) is 7.31. The molecule has 21 heavy (non-hydrogen) atoms. The third-order valence-electron chi connectivity index (χ3n) is 3.32. The largest absolute Gasteiger partial charge is 0.460 e. The van der Waals surface area contributed by atoms with Crippen molar-refractivity contribution in [2.24, 2.45) is 11.5 Å². The maximum atomic E-state index is 11.8. The third kappa shape index (κ3) is 4.74. The lowest BCUT2D eigenvalue weighted by molar-refractivity contribution is -0.146. The number of rotatable bonds is 7. The van der Waals surface area contributed by atoms with E-state index in [-0.39, 0.29) is 25.0 Å². The SMILES string of the molecule is Cl.NCCCC[C@H](N)C(=O)OCc1cccc2cc[nH]c12. The van der Waals surface area contributed by atoms with Crippen LogP contribution >= 0.6 is 12.4 Å². The Morgan fingerprint density at radius 3 is 2.86 bits per heavy atom. The summed E-state index contributed by atoms with van der Waals surface area (Å²) in [5, 5.41) is 1.10. The summed E-state index contributed by atoms with van der Waals surface area (Å²) < 4.78 is 5.28. The van der Waals surface area contributed by atoms with E-state index in [9.17, 15) is 4.79 Å². The molecule has 1 heterocycles. The van der Waals surface area contributed by atoms with Crippen molar-refractivity contribution < 1.29 is 9.53 Å². The minimum Gasteiger partial charge on any atom is -0.460 e. The van der Waals surface area contributed by atoms with Gasteiger partial charge in [0.05, 0.1) is 5.52 Å². The van der Waals surface area contributed by atoms with Crippen LogP contribution in [0.1, 0.15) is 24.8 Å². The average molecular weight is 312 g/mol. The monoisotopic (exact) mass is 311 g/mol. The summed E-state index contributed by atoms with van der Waals surface area (Å²) in [4.78, 5) is 14.9. The second kappa shape index (κ2) is 8.67. The topological polar surface area (TPSA) is 94.1 Å². The minimum absolute atomic E-state index is 0. The zero-order valence-electron chi connectivity index (χ0n) is 11.9. The normalized spacial score (nSPS) is 11.9. The zero-order chi connectivity index (χ0) is 14.4. The fourth-order valence-corrected chi connectivity index (χ4v) is 2.15. The Balaban J connectivity index is 0.00000220. The predicted molar refractivity (Wildman–Crippen MR) is 86.2 cm³/mol. The molecule has 0 radical (unpaired) electrons. The van der Waals surface area contributed by atoms with Crippen LogP contribution in [0.4, 0.5) is 0 Å². The van der Waals surface area contributed by atoms with Gasteiger partial charge in [-0.1, -0.05) is 24.6 Å². The maximum absolute atomic E-state index is 11.8. The van der Waals surface area contributed by atoms with Crippen LogP contribution in [0.5, 0.6) is 0 Å². The van der Waals surface area contributed by atoms with E-state index >= 15 is 0 Å². The molecular weight excluding hydrogens is 290 g/mol. The van der Waals surface area contributed by atoms with Gasteiger partial charge >= 0.3 is 5.97 Å². The molecule has 5 N–H and O–H groups in total. The number of aromatic nitrogens is 1. The van der Waals surface area contributed by atoms with Crippen LogP contribution in [-0.2, 0) is 16.1 Å². The van der Waals surface area contributed by atoms with Crippen molar-refractivity contribution in [2.75, 3.05) is 6.54 Å². The molecule has 0 aliphatic carbocycles. The first-order valence-corrected chi connectivity index (χ1v) is 6.89. The maximum Gasteiger partial charge on any atom is 0.323 e. The number of hydrogen-bond donors (Lipinski definition) is 3. The molecule has 0 saturated carbocycles. The number of halogens is 1. The van der Waals surface area contributed by atoms with E-state index in [2.05, 4.69) is 4.98 Å². The first-order valence-electron chi connectivity index (χ1n) is 6.89. The Morgan fingerprint density at radius 1 is 1.29 bits per heavy atom. The first-order chi connectivity index (χ1) is 9.72. The Bertz CT molecular complexity index is 571. The van der Waals surface area contributed by atoms with Crippen molar-refractivity contribution in [3.8, 4) is 0 Å². The smallest absolute Gasteiger partial charge is 0.323 e. The van der Waals surface area contributed by atoms with Gasteiger partial charge in [0.1, 0.15) is 12.6 Å². The summed E-state index contributed by atoms with van der Waals surface area (Å²) >= 11 is 0. The Hall–Kier alpha value is -1.56. The van der Waals surface area contributed by atoms with Gasteiger partial charge in [0, 0.05) is 11.8 Å². The van der Waals surface area contributed by atoms with E-state index in [1.807, 2.05) is 30.5 Å². The van der Waals surface area contributed by atoms with Crippen molar-refractivity contribution in [1.29, 1.82) is 0 Å². The summed E-state index contributed by atoms with van der Waals surface area (Å²) in [6.45, 7) is 0.859. The van der Waals surface area contributed by atoms with Crippen LogP contribution in [0.25, 0.3) is 10.9 Å². The van der Waals surface area contributed by atoms with E-state index < -0.39 is 6.04 Å². The molecule has 0 amide bonds. The summed E-state index contributed by atoms with van der Waals surface area (Å²) in [5.74, 6) is -0.356. The van der Waals surface area contributed by atoms with Gasteiger partial charge in [-0.15, -0.1) is 12.4 Å². The van der Waals surface area contributed by atoms with Crippen LogP contribution in [0.3, 0.4) is 0 Å². The highest BCUT2D eigenvalue weighted by Crippen LogP contribution is 2.17. The van der Waals surface area contributed by atoms with Crippen LogP contribution in [0.15, 0.2) is 30.5 Å². The zero-order valence-corrected chi connectivity index (χ0v) is 12.7. The number of H-pyrrole nitrogens is 1. The molecule has 0 bridgehead atoms. The number of ether oxygens (including phenoxy) is 1. The van der Waals surface area contributed by atoms with Crippen molar-refractivity contribution in [3.63, 3.8) is 0 Å². The summed E-state index contributed by atoms with van der Waals surface area (Å²) in [6.07, 6.45) is 4.21. The quantitative estimate of drug-likeness (QED) is 0.539. The van der Waals surface area contributed by atoms with E-state index in [4.69, 9.17) is 16.2 Å². The molecule has 0 aliphatic rings. The number of esters is 1. The number of aromatic amines is 1. The lowest BCUT2D eigenvalue weighted by Gasteiger charge is -2.11. The molecule has 0 spiro atoms. The molecule has 2 rings (SSSR count). The van der Waals surface area contributed by atoms with Crippen LogP contribution in [0, 0.1) is 0 Å². The Kier molecular flexibility index (Phi) is 7.22. The molecule has 116 valence electrons. The fourth-order valence-electron chi connectivity index (χ4n) is 2.15. The molecule has 0 aliphatic heterocycles. The highest BCUT2D eigenvalue weighted by molar-refractivity contribution is 5.85. The van der Waals surface area contributed by atoms with E-state index in [0.29, 0.717) is 13.0 Å². The van der Waals surface area contributed by atoms with Gasteiger partial charge in [-0.2, -0.15) is 0 Å².